The van der Waals surface area contributed by atoms with E-state index >= 15 is 0 Å². The van der Waals surface area contributed by atoms with E-state index in [1.807, 2.05) is 13.8 Å². The van der Waals surface area contributed by atoms with E-state index < -0.39 is 0 Å². The summed E-state index contributed by atoms with van der Waals surface area (Å²) >= 11 is 3.32. The Hall–Kier alpha value is -0.0900. The van der Waals surface area contributed by atoms with Crippen LogP contribution in [0.4, 0.5) is 0 Å². The van der Waals surface area contributed by atoms with Crippen molar-refractivity contribution < 1.29 is 9.90 Å². The van der Waals surface area contributed by atoms with Crippen molar-refractivity contribution in [1.29, 1.82) is 0 Å². The van der Waals surface area contributed by atoms with Crippen LogP contribution in [0.1, 0.15) is 20.3 Å². The Balaban J connectivity index is 2.65. The van der Waals surface area contributed by atoms with Gasteiger partial charge in [-0.2, -0.15) is 0 Å². The molecule has 0 radical (unpaired) electrons. The molecule has 13 heavy (non-hydrogen) atoms. The molecular formula is C9H16BrNO2. The lowest BCUT2D eigenvalue weighted by atomic mass is 10.0. The number of aliphatic hydroxyl groups is 1. The number of alkyl halides is 1. The summed E-state index contributed by atoms with van der Waals surface area (Å²) < 4.78 is 0. The first-order valence-corrected chi connectivity index (χ1v) is 5.55. The normalized spacial score (nSPS) is 25.8. The van der Waals surface area contributed by atoms with Gasteiger partial charge >= 0.3 is 0 Å². The number of halogens is 1. The Bertz CT molecular complexity index is 196. The van der Waals surface area contributed by atoms with Gasteiger partial charge in [-0.25, -0.2) is 0 Å². The fourth-order valence-electron chi connectivity index (χ4n) is 1.66. The molecule has 0 aromatic rings. The average molecular weight is 250 g/mol. The summed E-state index contributed by atoms with van der Waals surface area (Å²) in [5, 5.41) is 9.15. The summed E-state index contributed by atoms with van der Waals surface area (Å²) in [5.74, 6) is 0.430. The topological polar surface area (TPSA) is 40.5 Å². The highest BCUT2D eigenvalue weighted by molar-refractivity contribution is 9.10. The van der Waals surface area contributed by atoms with E-state index in [0.717, 1.165) is 13.0 Å². The van der Waals surface area contributed by atoms with Crippen LogP contribution in [-0.4, -0.2) is 39.9 Å². The summed E-state index contributed by atoms with van der Waals surface area (Å²) in [6, 6.07) is -0.0185. The highest BCUT2D eigenvalue weighted by atomic mass is 79.9. The number of nitrogens with zero attached hydrogens (tertiary/aromatic N) is 1. The van der Waals surface area contributed by atoms with Crippen LogP contribution >= 0.6 is 15.9 Å². The number of hydrogen-bond acceptors (Lipinski definition) is 2. The molecule has 1 aliphatic heterocycles. The molecule has 3 nitrogen and oxygen atoms in total. The highest BCUT2D eigenvalue weighted by Gasteiger charge is 2.34. The van der Waals surface area contributed by atoms with Gasteiger partial charge in [0.2, 0.25) is 5.91 Å². The van der Waals surface area contributed by atoms with Crippen LogP contribution in [0.3, 0.4) is 0 Å². The van der Waals surface area contributed by atoms with Crippen molar-refractivity contribution in [2.24, 2.45) is 5.92 Å². The number of aliphatic hydroxyl groups excluding tert-OH is 1. The Morgan fingerprint density at radius 1 is 1.69 bits per heavy atom. The maximum absolute atomic E-state index is 11.6. The summed E-state index contributed by atoms with van der Waals surface area (Å²) in [6.07, 6.45) is 0.849. The predicted molar refractivity (Wildman–Crippen MR) is 54.8 cm³/mol. The lowest BCUT2D eigenvalue weighted by molar-refractivity contribution is -0.130. The van der Waals surface area contributed by atoms with Crippen LogP contribution in [0.2, 0.25) is 0 Å². The molecule has 2 atom stereocenters. The molecule has 1 aliphatic rings. The molecule has 1 heterocycles. The maximum atomic E-state index is 11.6. The van der Waals surface area contributed by atoms with Gasteiger partial charge in [-0.05, 0) is 12.3 Å². The van der Waals surface area contributed by atoms with Crippen LogP contribution in [0.15, 0.2) is 0 Å². The molecule has 0 aromatic heterocycles. The Morgan fingerprint density at radius 2 is 2.31 bits per heavy atom. The zero-order valence-electron chi connectivity index (χ0n) is 8.03. The number of carbonyl (C=O) groups is 1. The first-order chi connectivity index (χ1) is 6.07. The van der Waals surface area contributed by atoms with Crippen molar-refractivity contribution in [2.45, 2.75) is 31.1 Å². The minimum Gasteiger partial charge on any atom is -0.394 e. The Kier molecular flexibility index (Phi) is 3.74. The smallest absolute Gasteiger partial charge is 0.236 e. The predicted octanol–water partition coefficient (Wildman–Crippen LogP) is 0.999. The van der Waals surface area contributed by atoms with Crippen molar-refractivity contribution in [3.05, 3.63) is 0 Å². The van der Waals surface area contributed by atoms with Gasteiger partial charge in [-0.3, -0.25) is 4.79 Å². The van der Waals surface area contributed by atoms with Crippen LogP contribution < -0.4 is 0 Å². The van der Waals surface area contributed by atoms with Crippen LogP contribution in [0, 0.1) is 5.92 Å². The van der Waals surface area contributed by atoms with Crippen LogP contribution in [-0.2, 0) is 4.79 Å². The maximum Gasteiger partial charge on any atom is 0.236 e. The second-order valence-corrected chi connectivity index (χ2v) is 4.89. The monoisotopic (exact) mass is 249 g/mol. The Labute approximate surface area is 87.2 Å². The first kappa shape index (κ1) is 11.0. The molecule has 1 saturated heterocycles. The van der Waals surface area contributed by atoms with Gasteiger partial charge < -0.3 is 10.0 Å². The standard InChI is InChI=1S/C9H16BrNO2/c1-6(2)8(5-12)11-4-3-7(10)9(11)13/h6-8,12H,3-5H2,1-2H3/t7?,8-/m0/s1. The molecule has 0 aliphatic carbocycles. The van der Waals surface area contributed by atoms with Crippen LogP contribution in [0.5, 0.6) is 0 Å². The highest BCUT2D eigenvalue weighted by Crippen LogP contribution is 2.23. The van der Waals surface area contributed by atoms with E-state index in [2.05, 4.69) is 15.9 Å². The summed E-state index contributed by atoms with van der Waals surface area (Å²) in [7, 11) is 0. The summed E-state index contributed by atoms with van der Waals surface area (Å²) in [5.41, 5.74) is 0. The molecule has 76 valence electrons. The summed E-state index contributed by atoms with van der Waals surface area (Å²) in [6.45, 7) is 4.87. The third-order valence-electron chi connectivity index (χ3n) is 2.53. The fraction of sp³-hybridized carbons (Fsp3) is 0.889. The van der Waals surface area contributed by atoms with E-state index in [1.165, 1.54) is 0 Å². The van der Waals surface area contributed by atoms with E-state index in [1.54, 1.807) is 4.90 Å². The van der Waals surface area contributed by atoms with Crippen LogP contribution in [0.25, 0.3) is 0 Å². The van der Waals surface area contributed by atoms with Gasteiger partial charge in [0.15, 0.2) is 0 Å². The largest absolute Gasteiger partial charge is 0.394 e. The van der Waals surface area contributed by atoms with Gasteiger partial charge in [0.25, 0.3) is 0 Å². The second-order valence-electron chi connectivity index (χ2n) is 3.78. The lowest BCUT2D eigenvalue weighted by Crippen LogP contribution is -2.43. The van der Waals surface area contributed by atoms with E-state index in [9.17, 15) is 4.79 Å². The van der Waals surface area contributed by atoms with Crippen molar-refractivity contribution in [2.75, 3.05) is 13.2 Å². The minimum absolute atomic E-state index is 0.0185. The minimum atomic E-state index is -0.0414. The molecule has 0 bridgehead atoms. The molecule has 0 spiro atoms. The zero-order valence-corrected chi connectivity index (χ0v) is 9.62. The molecule has 0 aromatic carbocycles. The third-order valence-corrected chi connectivity index (χ3v) is 3.38. The number of rotatable bonds is 3. The molecule has 1 amide bonds. The van der Waals surface area contributed by atoms with Crippen molar-refractivity contribution in [3.63, 3.8) is 0 Å². The fourth-order valence-corrected chi connectivity index (χ4v) is 2.13. The van der Waals surface area contributed by atoms with Gasteiger partial charge in [0.1, 0.15) is 0 Å². The number of likely N-dealkylation sites (tertiary alicyclic amines) is 1. The SMILES string of the molecule is CC(C)[C@H](CO)N1CCC(Br)C1=O. The zero-order chi connectivity index (χ0) is 10.0. The number of carbonyl (C=O) groups excluding carboxylic acids is 1. The molecule has 0 saturated carbocycles. The third kappa shape index (κ3) is 2.23. The number of hydrogen-bond donors (Lipinski definition) is 1. The molecule has 1 unspecified atom stereocenters. The molecule has 4 heteroatoms. The van der Waals surface area contributed by atoms with Crippen molar-refractivity contribution >= 4 is 21.8 Å². The van der Waals surface area contributed by atoms with E-state index in [-0.39, 0.29) is 23.4 Å². The molecular weight excluding hydrogens is 234 g/mol. The van der Waals surface area contributed by atoms with Crippen molar-refractivity contribution in [1.82, 2.24) is 4.90 Å². The number of amides is 1. The molecule has 1 rings (SSSR count). The molecule has 1 fully saturated rings. The first-order valence-electron chi connectivity index (χ1n) is 4.63. The lowest BCUT2D eigenvalue weighted by Gasteiger charge is -2.29. The van der Waals surface area contributed by atoms with E-state index in [4.69, 9.17) is 5.11 Å². The van der Waals surface area contributed by atoms with Gasteiger partial charge in [-0.15, -0.1) is 0 Å². The Morgan fingerprint density at radius 3 is 2.62 bits per heavy atom. The van der Waals surface area contributed by atoms with Gasteiger partial charge in [0.05, 0.1) is 17.5 Å². The molecule has 1 N–H and O–H groups in total. The van der Waals surface area contributed by atoms with Crippen molar-refractivity contribution in [3.8, 4) is 0 Å². The van der Waals surface area contributed by atoms with Gasteiger partial charge in [-0.1, -0.05) is 29.8 Å². The summed E-state index contributed by atoms with van der Waals surface area (Å²) in [4.78, 5) is 13.3. The second kappa shape index (κ2) is 4.42. The van der Waals surface area contributed by atoms with Gasteiger partial charge in [0, 0.05) is 6.54 Å². The average Bonchev–Trinajstić information content (AvgIpc) is 2.37. The quantitative estimate of drug-likeness (QED) is 0.759. The van der Waals surface area contributed by atoms with E-state index in [0.29, 0.717) is 5.92 Å².